The molecule has 2 aliphatic heterocycles. The van der Waals surface area contributed by atoms with Gasteiger partial charge in [0.2, 0.25) is 6.29 Å². The van der Waals surface area contributed by atoms with E-state index in [4.69, 9.17) is 4.99 Å². The second-order valence-electron chi connectivity index (χ2n) is 6.30. The van der Waals surface area contributed by atoms with Crippen LogP contribution in [-0.2, 0) is 6.54 Å². The number of para-hydroxylation sites is 1. The summed E-state index contributed by atoms with van der Waals surface area (Å²) < 4.78 is 3.22. The third-order valence-electron chi connectivity index (χ3n) is 4.56. The van der Waals surface area contributed by atoms with Crippen LogP contribution in [0.4, 0.5) is 0 Å². The SMILES string of the molecule is BrC1=CN2NC(c3cc4ccccc4n3Cc3ccccc3)=NC2N=C1. The van der Waals surface area contributed by atoms with Crippen molar-refractivity contribution in [3.05, 3.63) is 82.6 Å². The van der Waals surface area contributed by atoms with Crippen LogP contribution in [0.25, 0.3) is 10.9 Å². The van der Waals surface area contributed by atoms with Crippen molar-refractivity contribution in [3.8, 4) is 0 Å². The minimum Gasteiger partial charge on any atom is -0.333 e. The molecule has 5 rings (SSSR count). The molecule has 1 aromatic heterocycles. The number of hydrogen-bond acceptors (Lipinski definition) is 4. The largest absolute Gasteiger partial charge is 0.333 e. The van der Waals surface area contributed by atoms with E-state index in [1.165, 1.54) is 16.5 Å². The van der Waals surface area contributed by atoms with Crippen LogP contribution in [0, 0.1) is 0 Å². The lowest BCUT2D eigenvalue weighted by molar-refractivity contribution is 0.281. The van der Waals surface area contributed by atoms with E-state index in [1.807, 2.05) is 17.3 Å². The predicted octanol–water partition coefficient (Wildman–Crippen LogP) is 3.86. The quantitative estimate of drug-likeness (QED) is 0.718. The molecule has 0 spiro atoms. The molecule has 0 amide bonds. The van der Waals surface area contributed by atoms with Crippen molar-refractivity contribution >= 4 is 38.9 Å². The number of halogens is 1. The van der Waals surface area contributed by atoms with E-state index in [-0.39, 0.29) is 6.29 Å². The van der Waals surface area contributed by atoms with Gasteiger partial charge in [0.15, 0.2) is 5.84 Å². The van der Waals surface area contributed by atoms with E-state index >= 15 is 0 Å². The summed E-state index contributed by atoms with van der Waals surface area (Å²) in [6, 6.07) is 21.1. The van der Waals surface area contributed by atoms with E-state index in [2.05, 4.69) is 85.5 Å². The Morgan fingerprint density at radius 3 is 2.73 bits per heavy atom. The third kappa shape index (κ3) is 2.63. The minimum atomic E-state index is -0.255. The maximum atomic E-state index is 4.76. The van der Waals surface area contributed by atoms with Crippen molar-refractivity contribution in [2.24, 2.45) is 9.98 Å². The van der Waals surface area contributed by atoms with Gasteiger partial charge < -0.3 is 4.57 Å². The molecule has 0 saturated carbocycles. The molecule has 0 bridgehead atoms. The third-order valence-corrected chi connectivity index (χ3v) is 4.97. The van der Waals surface area contributed by atoms with E-state index in [0.717, 1.165) is 22.6 Å². The number of aliphatic imine (C=N–C) groups is 2. The Kier molecular flexibility index (Phi) is 3.64. The lowest BCUT2D eigenvalue weighted by atomic mass is 10.2. The van der Waals surface area contributed by atoms with Crippen molar-refractivity contribution < 1.29 is 0 Å². The number of nitrogens with one attached hydrogen (secondary N) is 1. The first-order chi connectivity index (χ1) is 12.8. The summed E-state index contributed by atoms with van der Waals surface area (Å²) in [5.41, 5.74) is 6.88. The Morgan fingerprint density at radius 2 is 1.85 bits per heavy atom. The summed E-state index contributed by atoms with van der Waals surface area (Å²) in [5, 5.41) is 3.11. The van der Waals surface area contributed by atoms with E-state index in [9.17, 15) is 0 Å². The first-order valence-electron chi connectivity index (χ1n) is 8.44. The molecule has 3 aromatic rings. The number of hydrazine groups is 1. The first kappa shape index (κ1) is 15.4. The van der Waals surface area contributed by atoms with Crippen LogP contribution in [0.2, 0.25) is 0 Å². The number of nitrogens with zero attached hydrogens (tertiary/aromatic N) is 4. The van der Waals surface area contributed by atoms with Gasteiger partial charge in [0.05, 0.1) is 10.2 Å². The van der Waals surface area contributed by atoms with Gasteiger partial charge in [-0.05, 0) is 33.6 Å². The van der Waals surface area contributed by atoms with Gasteiger partial charge >= 0.3 is 0 Å². The summed E-state index contributed by atoms with van der Waals surface area (Å²) >= 11 is 3.46. The fourth-order valence-electron chi connectivity index (χ4n) is 3.36. The van der Waals surface area contributed by atoms with Gasteiger partial charge in [-0.3, -0.25) is 5.43 Å². The minimum absolute atomic E-state index is 0.255. The van der Waals surface area contributed by atoms with Gasteiger partial charge in [0.1, 0.15) is 0 Å². The molecule has 3 heterocycles. The zero-order valence-electron chi connectivity index (χ0n) is 13.9. The number of aromatic nitrogens is 1. The fourth-order valence-corrected chi connectivity index (χ4v) is 3.70. The van der Waals surface area contributed by atoms with Gasteiger partial charge in [-0.25, -0.2) is 15.0 Å². The molecule has 1 N–H and O–H groups in total. The van der Waals surface area contributed by atoms with Crippen molar-refractivity contribution in [2.75, 3.05) is 0 Å². The van der Waals surface area contributed by atoms with Crippen LogP contribution in [0.5, 0.6) is 0 Å². The highest BCUT2D eigenvalue weighted by molar-refractivity contribution is 9.12. The molecule has 2 aliphatic rings. The molecule has 1 unspecified atom stereocenters. The van der Waals surface area contributed by atoms with E-state index < -0.39 is 0 Å². The monoisotopic (exact) mass is 405 g/mol. The number of benzene rings is 2. The van der Waals surface area contributed by atoms with Gasteiger partial charge in [-0.2, -0.15) is 0 Å². The highest BCUT2D eigenvalue weighted by Crippen LogP contribution is 2.25. The Morgan fingerprint density at radius 1 is 1.04 bits per heavy atom. The first-order valence-corrected chi connectivity index (χ1v) is 9.23. The van der Waals surface area contributed by atoms with E-state index in [0.29, 0.717) is 0 Å². The Balaban J connectivity index is 1.60. The molecule has 2 aromatic carbocycles. The number of allylic oxidation sites excluding steroid dienone is 1. The van der Waals surface area contributed by atoms with Crippen LogP contribution in [0.15, 0.2) is 81.3 Å². The highest BCUT2D eigenvalue weighted by Gasteiger charge is 2.28. The summed E-state index contributed by atoms with van der Waals surface area (Å²) in [6.07, 6.45) is 3.49. The number of rotatable bonds is 3. The van der Waals surface area contributed by atoms with Crippen molar-refractivity contribution in [1.82, 2.24) is 15.0 Å². The summed E-state index contributed by atoms with van der Waals surface area (Å²) in [7, 11) is 0. The predicted molar refractivity (Wildman–Crippen MR) is 108 cm³/mol. The van der Waals surface area contributed by atoms with Crippen LogP contribution < -0.4 is 5.43 Å². The van der Waals surface area contributed by atoms with Gasteiger partial charge in [0, 0.05) is 29.9 Å². The van der Waals surface area contributed by atoms with Gasteiger partial charge in [0.25, 0.3) is 0 Å². The molecule has 6 heteroatoms. The number of fused-ring (bicyclic) bond motifs is 2. The molecular weight excluding hydrogens is 390 g/mol. The van der Waals surface area contributed by atoms with Crippen LogP contribution >= 0.6 is 15.9 Å². The number of amidine groups is 1. The molecule has 128 valence electrons. The second-order valence-corrected chi connectivity index (χ2v) is 7.21. The van der Waals surface area contributed by atoms with Crippen LogP contribution in [-0.4, -0.2) is 27.9 Å². The smallest absolute Gasteiger partial charge is 0.235 e. The zero-order valence-corrected chi connectivity index (χ0v) is 15.5. The average Bonchev–Trinajstić information content (AvgIpc) is 3.24. The maximum absolute atomic E-state index is 4.76. The lowest BCUT2D eigenvalue weighted by Gasteiger charge is -2.21. The average molecular weight is 406 g/mol. The van der Waals surface area contributed by atoms with Crippen LogP contribution in [0.3, 0.4) is 0 Å². The topological polar surface area (TPSA) is 44.9 Å². The van der Waals surface area contributed by atoms with Crippen molar-refractivity contribution in [2.45, 2.75) is 12.8 Å². The van der Waals surface area contributed by atoms with E-state index in [1.54, 1.807) is 6.21 Å². The molecule has 5 nitrogen and oxygen atoms in total. The van der Waals surface area contributed by atoms with Gasteiger partial charge in [-0.1, -0.05) is 48.5 Å². The molecule has 0 saturated heterocycles. The molecule has 26 heavy (non-hydrogen) atoms. The van der Waals surface area contributed by atoms with Crippen molar-refractivity contribution in [3.63, 3.8) is 0 Å². The summed E-state index contributed by atoms with van der Waals surface area (Å²) in [6.45, 7) is 0.790. The normalized spacial score (nSPS) is 18.5. The maximum Gasteiger partial charge on any atom is 0.235 e. The van der Waals surface area contributed by atoms with Crippen LogP contribution in [0.1, 0.15) is 11.3 Å². The lowest BCUT2D eigenvalue weighted by Crippen LogP contribution is -2.38. The molecular formula is C20H16BrN5. The Bertz CT molecular complexity index is 1060. The zero-order chi connectivity index (χ0) is 17.5. The Labute approximate surface area is 159 Å². The summed E-state index contributed by atoms with van der Waals surface area (Å²) in [4.78, 5) is 9.20. The molecule has 0 aliphatic carbocycles. The van der Waals surface area contributed by atoms with Gasteiger partial charge in [-0.15, -0.1) is 0 Å². The fraction of sp³-hybridized carbons (Fsp3) is 0.100. The Hall–Kier alpha value is -2.86. The number of hydrogen-bond donors (Lipinski definition) is 1. The molecule has 1 atom stereocenters. The molecule has 0 fully saturated rings. The highest BCUT2D eigenvalue weighted by atomic mass is 79.9. The standard InChI is InChI=1S/C20H16BrN5/c21-16-11-22-20-23-19(24-26(20)13-16)18-10-15-8-4-5-9-17(15)25(18)12-14-6-2-1-3-7-14/h1-11,13,20H,12H2,(H,23,24). The second kappa shape index (κ2) is 6.14. The van der Waals surface area contributed by atoms with Crippen molar-refractivity contribution in [1.29, 1.82) is 0 Å². The summed E-state index contributed by atoms with van der Waals surface area (Å²) in [5.74, 6) is 0.831. The molecule has 0 radical (unpaired) electrons.